The molecule has 3 aromatic rings. The van der Waals surface area contributed by atoms with Crippen molar-refractivity contribution in [3.05, 3.63) is 98.2 Å². The maximum atomic E-state index is 12.6. The number of carbonyl (C=O) groups is 2. The highest BCUT2D eigenvalue weighted by atomic mass is 35.5. The summed E-state index contributed by atoms with van der Waals surface area (Å²) in [7, 11) is 0. The van der Waals surface area contributed by atoms with Crippen LogP contribution in [-0.4, -0.2) is 34.6 Å². The van der Waals surface area contributed by atoms with Crippen LogP contribution in [0.15, 0.2) is 60.8 Å². The maximum absolute atomic E-state index is 12.6. The minimum absolute atomic E-state index is 0.0455. The van der Waals surface area contributed by atoms with Crippen molar-refractivity contribution in [2.24, 2.45) is 0 Å². The van der Waals surface area contributed by atoms with E-state index in [1.54, 1.807) is 31.2 Å². The molecule has 2 aromatic carbocycles. The number of aliphatic hydroxyl groups excluding tert-OH is 1. The van der Waals surface area contributed by atoms with Gasteiger partial charge in [0.05, 0.1) is 18.3 Å². The number of benzene rings is 2. The molecule has 1 amide bonds. The number of ether oxygens (including phenoxy) is 1. The topological polar surface area (TPSA) is 88.5 Å². The predicted octanol–water partition coefficient (Wildman–Crippen LogP) is 5.22. The van der Waals surface area contributed by atoms with E-state index in [9.17, 15) is 14.7 Å². The van der Waals surface area contributed by atoms with Crippen LogP contribution in [0.3, 0.4) is 0 Å². The number of rotatable bonds is 9. The molecule has 1 heterocycles. The average molecular weight is 522 g/mol. The van der Waals surface area contributed by atoms with Gasteiger partial charge >= 0.3 is 5.97 Å². The average Bonchev–Trinajstić information content (AvgIpc) is 2.80. The number of carbonyl (C=O) groups excluding carboxylic acids is 2. The molecule has 6 nitrogen and oxygen atoms in total. The molecule has 9 heteroatoms. The zero-order valence-electron chi connectivity index (χ0n) is 18.3. The lowest BCUT2D eigenvalue weighted by molar-refractivity contribution is -0.145. The Hall–Kier alpha value is -2.64. The SMILES string of the molecule is CCOC(=O)[C@H](Cc1ccc(CC(O)c2c(Cl)cccc2Cl)cc1)NC(=O)c1cccnc1Cl. The summed E-state index contributed by atoms with van der Waals surface area (Å²) in [4.78, 5) is 29.0. The summed E-state index contributed by atoms with van der Waals surface area (Å²) in [5.74, 6) is -1.07. The molecule has 178 valence electrons. The first kappa shape index (κ1) is 26.0. The molecule has 0 spiro atoms. The summed E-state index contributed by atoms with van der Waals surface area (Å²) >= 11 is 18.4. The van der Waals surface area contributed by atoms with Crippen molar-refractivity contribution >= 4 is 46.7 Å². The number of hydrogen-bond donors (Lipinski definition) is 2. The standard InChI is InChI=1S/C25H23Cl3N2O4/c1-2-34-25(33)20(30-24(32)17-5-4-12-29-23(17)28)13-15-8-10-16(11-9-15)14-21(31)22-18(26)6-3-7-19(22)27/h3-12,20-21,31H,2,13-14H2,1H3,(H,30,32)/t20-,21?/m0/s1. The molecule has 0 aliphatic heterocycles. The molecule has 1 aromatic heterocycles. The van der Waals surface area contributed by atoms with E-state index in [1.165, 1.54) is 12.3 Å². The van der Waals surface area contributed by atoms with E-state index < -0.39 is 24.0 Å². The van der Waals surface area contributed by atoms with E-state index in [1.807, 2.05) is 24.3 Å². The van der Waals surface area contributed by atoms with Gasteiger partial charge in [-0.3, -0.25) is 4.79 Å². The van der Waals surface area contributed by atoms with Crippen LogP contribution in [0.1, 0.15) is 40.1 Å². The number of hydrogen-bond acceptors (Lipinski definition) is 5. The van der Waals surface area contributed by atoms with Gasteiger partial charge in [-0.1, -0.05) is 65.1 Å². The van der Waals surface area contributed by atoms with Crippen molar-refractivity contribution in [3.63, 3.8) is 0 Å². The molecule has 0 saturated carbocycles. The quantitative estimate of drug-likeness (QED) is 0.298. The Bertz CT molecular complexity index is 1130. The highest BCUT2D eigenvalue weighted by Gasteiger charge is 2.24. The van der Waals surface area contributed by atoms with E-state index in [4.69, 9.17) is 39.5 Å². The third-order valence-electron chi connectivity index (χ3n) is 5.10. The van der Waals surface area contributed by atoms with Crippen molar-refractivity contribution in [2.75, 3.05) is 6.61 Å². The fourth-order valence-electron chi connectivity index (χ4n) is 3.43. The molecule has 1 unspecified atom stereocenters. The van der Waals surface area contributed by atoms with Gasteiger partial charge in [0, 0.05) is 34.6 Å². The Balaban J connectivity index is 1.71. The molecule has 0 aliphatic rings. The van der Waals surface area contributed by atoms with Crippen LogP contribution in [0.2, 0.25) is 15.2 Å². The molecular weight excluding hydrogens is 499 g/mol. The van der Waals surface area contributed by atoms with Crippen molar-refractivity contribution in [1.82, 2.24) is 10.3 Å². The van der Waals surface area contributed by atoms with Crippen LogP contribution in [0.25, 0.3) is 0 Å². The fourth-order valence-corrected chi connectivity index (χ4v) is 4.28. The van der Waals surface area contributed by atoms with E-state index in [-0.39, 0.29) is 23.7 Å². The van der Waals surface area contributed by atoms with E-state index in [0.717, 1.165) is 11.1 Å². The summed E-state index contributed by atoms with van der Waals surface area (Å²) in [5, 5.41) is 14.1. The molecular formula is C25H23Cl3N2O4. The number of pyridine rings is 1. The molecule has 0 fully saturated rings. The van der Waals surface area contributed by atoms with Gasteiger partial charge in [-0.05, 0) is 42.3 Å². The fraction of sp³-hybridized carbons (Fsp3) is 0.240. The number of aliphatic hydroxyl groups is 1. The van der Waals surface area contributed by atoms with Crippen LogP contribution in [-0.2, 0) is 22.4 Å². The van der Waals surface area contributed by atoms with Gasteiger partial charge in [0.2, 0.25) is 0 Å². The Kier molecular flexibility index (Phi) is 9.30. The maximum Gasteiger partial charge on any atom is 0.328 e. The van der Waals surface area contributed by atoms with Gasteiger partial charge in [0.25, 0.3) is 5.91 Å². The lowest BCUT2D eigenvalue weighted by Gasteiger charge is -2.18. The second-order valence-electron chi connectivity index (χ2n) is 7.50. The van der Waals surface area contributed by atoms with Crippen LogP contribution in [0, 0.1) is 0 Å². The van der Waals surface area contributed by atoms with E-state index in [0.29, 0.717) is 22.0 Å². The molecule has 0 radical (unpaired) electrons. The smallest absolute Gasteiger partial charge is 0.328 e. The molecule has 34 heavy (non-hydrogen) atoms. The number of aromatic nitrogens is 1. The van der Waals surface area contributed by atoms with Gasteiger partial charge in [0.1, 0.15) is 11.2 Å². The van der Waals surface area contributed by atoms with Crippen molar-refractivity contribution in [1.29, 1.82) is 0 Å². The molecule has 0 saturated heterocycles. The van der Waals surface area contributed by atoms with Crippen molar-refractivity contribution in [2.45, 2.75) is 31.9 Å². The van der Waals surface area contributed by atoms with Crippen LogP contribution in [0.4, 0.5) is 0 Å². The number of nitrogens with one attached hydrogen (secondary N) is 1. The Morgan fingerprint density at radius 1 is 0.971 bits per heavy atom. The zero-order chi connectivity index (χ0) is 24.7. The lowest BCUT2D eigenvalue weighted by atomic mass is 9.98. The summed E-state index contributed by atoms with van der Waals surface area (Å²) in [5.41, 5.74) is 2.30. The van der Waals surface area contributed by atoms with E-state index >= 15 is 0 Å². The number of amides is 1. The molecule has 2 atom stereocenters. The van der Waals surface area contributed by atoms with Gasteiger partial charge in [-0.25, -0.2) is 9.78 Å². The molecule has 0 bridgehead atoms. The minimum Gasteiger partial charge on any atom is -0.464 e. The predicted molar refractivity (Wildman–Crippen MR) is 132 cm³/mol. The summed E-state index contributed by atoms with van der Waals surface area (Å²) in [6.45, 7) is 1.88. The van der Waals surface area contributed by atoms with Crippen LogP contribution >= 0.6 is 34.8 Å². The lowest BCUT2D eigenvalue weighted by Crippen LogP contribution is -2.43. The Labute approximate surface area is 212 Å². The van der Waals surface area contributed by atoms with E-state index in [2.05, 4.69) is 10.3 Å². The third-order valence-corrected chi connectivity index (χ3v) is 6.07. The van der Waals surface area contributed by atoms with Gasteiger partial charge < -0.3 is 15.2 Å². The number of nitrogens with zero attached hydrogens (tertiary/aromatic N) is 1. The highest BCUT2D eigenvalue weighted by molar-refractivity contribution is 6.36. The Morgan fingerprint density at radius 2 is 1.59 bits per heavy atom. The summed E-state index contributed by atoms with van der Waals surface area (Å²) in [6, 6.07) is 14.6. The molecule has 3 rings (SSSR count). The second kappa shape index (κ2) is 12.2. The monoisotopic (exact) mass is 520 g/mol. The third kappa shape index (κ3) is 6.70. The first-order valence-electron chi connectivity index (χ1n) is 10.6. The van der Waals surface area contributed by atoms with Crippen molar-refractivity contribution < 1.29 is 19.4 Å². The van der Waals surface area contributed by atoms with Gasteiger partial charge in [-0.15, -0.1) is 0 Å². The Morgan fingerprint density at radius 3 is 2.18 bits per heavy atom. The number of esters is 1. The summed E-state index contributed by atoms with van der Waals surface area (Å²) < 4.78 is 5.13. The largest absolute Gasteiger partial charge is 0.464 e. The van der Waals surface area contributed by atoms with Gasteiger partial charge in [-0.2, -0.15) is 0 Å². The minimum atomic E-state index is -0.915. The first-order chi connectivity index (χ1) is 16.3. The zero-order valence-corrected chi connectivity index (χ0v) is 20.6. The number of halogens is 3. The second-order valence-corrected chi connectivity index (χ2v) is 8.67. The molecule has 2 N–H and O–H groups in total. The molecule has 0 aliphatic carbocycles. The summed E-state index contributed by atoms with van der Waals surface area (Å²) in [6.07, 6.45) is 1.12. The highest BCUT2D eigenvalue weighted by Crippen LogP contribution is 2.32. The normalized spacial score (nSPS) is 12.6. The van der Waals surface area contributed by atoms with Crippen LogP contribution < -0.4 is 5.32 Å². The van der Waals surface area contributed by atoms with Gasteiger partial charge in [0.15, 0.2) is 0 Å². The van der Waals surface area contributed by atoms with Crippen LogP contribution in [0.5, 0.6) is 0 Å². The van der Waals surface area contributed by atoms with Crippen molar-refractivity contribution in [3.8, 4) is 0 Å². The first-order valence-corrected chi connectivity index (χ1v) is 11.7.